The van der Waals surface area contributed by atoms with Crippen LogP contribution in [0.15, 0.2) is 42.6 Å². The molecule has 2 aromatic rings. The van der Waals surface area contributed by atoms with Crippen LogP contribution in [-0.4, -0.2) is 63.6 Å². The van der Waals surface area contributed by atoms with Gasteiger partial charge >= 0.3 is 0 Å². The van der Waals surface area contributed by atoms with Gasteiger partial charge in [0.2, 0.25) is 5.91 Å². The molecule has 1 unspecified atom stereocenters. The van der Waals surface area contributed by atoms with Crippen molar-refractivity contribution in [3.05, 3.63) is 53.9 Å². The van der Waals surface area contributed by atoms with Gasteiger partial charge in [0, 0.05) is 39.4 Å². The van der Waals surface area contributed by atoms with Gasteiger partial charge in [-0.25, -0.2) is 0 Å². The van der Waals surface area contributed by atoms with Gasteiger partial charge in [-0.3, -0.25) is 19.2 Å². The minimum Gasteiger partial charge on any atom is -0.368 e. The van der Waals surface area contributed by atoms with E-state index in [-0.39, 0.29) is 5.91 Å². The van der Waals surface area contributed by atoms with Crippen molar-refractivity contribution in [3.8, 4) is 0 Å². The lowest BCUT2D eigenvalue weighted by atomic mass is 10.1. The summed E-state index contributed by atoms with van der Waals surface area (Å²) in [5.41, 5.74) is 7.21. The first-order valence-corrected chi connectivity index (χ1v) is 8.41. The van der Waals surface area contributed by atoms with Crippen LogP contribution in [0.25, 0.3) is 0 Å². The summed E-state index contributed by atoms with van der Waals surface area (Å²) in [5, 5.41) is 4.15. The van der Waals surface area contributed by atoms with Gasteiger partial charge in [-0.2, -0.15) is 5.10 Å². The molecule has 0 aliphatic carbocycles. The second-order valence-electron chi connectivity index (χ2n) is 6.32. The topological polar surface area (TPSA) is 84.5 Å². The van der Waals surface area contributed by atoms with Crippen LogP contribution in [0.2, 0.25) is 0 Å². The third kappa shape index (κ3) is 4.06. The van der Waals surface area contributed by atoms with E-state index >= 15 is 0 Å². The van der Waals surface area contributed by atoms with Crippen LogP contribution in [0.3, 0.4) is 0 Å². The SMILES string of the molecule is Cn1ccc(C(=O)N2CCN(CCc3ccccc3)C(C(N)=O)C2)n1. The molecular weight excluding hydrogens is 318 g/mol. The summed E-state index contributed by atoms with van der Waals surface area (Å²) < 4.78 is 1.59. The van der Waals surface area contributed by atoms with E-state index in [9.17, 15) is 9.59 Å². The van der Waals surface area contributed by atoms with Crippen LogP contribution >= 0.6 is 0 Å². The zero-order chi connectivity index (χ0) is 17.8. The predicted octanol–water partition coefficient (Wildman–Crippen LogP) is 0.275. The summed E-state index contributed by atoms with van der Waals surface area (Å²) in [6.07, 6.45) is 2.58. The number of aryl methyl sites for hydroxylation is 1. The molecule has 1 aliphatic heterocycles. The molecule has 1 aromatic heterocycles. The Morgan fingerprint density at radius 3 is 2.60 bits per heavy atom. The van der Waals surface area contributed by atoms with E-state index in [2.05, 4.69) is 22.1 Å². The van der Waals surface area contributed by atoms with Crippen LogP contribution in [0.4, 0.5) is 0 Å². The van der Waals surface area contributed by atoms with Crippen molar-refractivity contribution < 1.29 is 9.59 Å². The zero-order valence-electron chi connectivity index (χ0n) is 14.3. The quantitative estimate of drug-likeness (QED) is 0.846. The minimum atomic E-state index is -0.467. The van der Waals surface area contributed by atoms with Crippen LogP contribution in [0.1, 0.15) is 16.1 Å². The van der Waals surface area contributed by atoms with Crippen LogP contribution in [-0.2, 0) is 18.3 Å². The highest BCUT2D eigenvalue weighted by atomic mass is 16.2. The fraction of sp³-hybridized carbons (Fsp3) is 0.389. The first kappa shape index (κ1) is 17.2. The third-order valence-corrected chi connectivity index (χ3v) is 4.57. The normalized spacial score (nSPS) is 18.3. The van der Waals surface area contributed by atoms with Crippen molar-refractivity contribution in [2.24, 2.45) is 12.8 Å². The Hall–Kier alpha value is -2.67. The number of nitrogens with two attached hydrogens (primary N) is 1. The molecule has 2 N–H and O–H groups in total. The number of benzene rings is 1. The molecule has 0 bridgehead atoms. The molecule has 7 nitrogen and oxygen atoms in total. The molecule has 0 spiro atoms. The highest BCUT2D eigenvalue weighted by Gasteiger charge is 2.33. The second-order valence-corrected chi connectivity index (χ2v) is 6.32. The fourth-order valence-corrected chi connectivity index (χ4v) is 3.15. The maximum atomic E-state index is 12.5. The zero-order valence-corrected chi connectivity index (χ0v) is 14.3. The molecule has 2 amide bonds. The van der Waals surface area contributed by atoms with E-state index < -0.39 is 11.9 Å². The van der Waals surface area contributed by atoms with Gasteiger partial charge in [0.25, 0.3) is 5.91 Å². The number of piperazine rings is 1. The van der Waals surface area contributed by atoms with E-state index in [0.717, 1.165) is 13.0 Å². The molecular formula is C18H23N5O2. The average Bonchev–Trinajstić information content (AvgIpc) is 3.06. The van der Waals surface area contributed by atoms with Crippen molar-refractivity contribution in [1.82, 2.24) is 19.6 Å². The van der Waals surface area contributed by atoms with Crippen LogP contribution < -0.4 is 5.73 Å². The number of amides is 2. The molecule has 2 heterocycles. The van der Waals surface area contributed by atoms with E-state index in [0.29, 0.717) is 25.3 Å². The van der Waals surface area contributed by atoms with E-state index in [4.69, 9.17) is 5.73 Å². The van der Waals surface area contributed by atoms with Crippen molar-refractivity contribution >= 4 is 11.8 Å². The average molecular weight is 341 g/mol. The first-order chi connectivity index (χ1) is 12.0. The maximum Gasteiger partial charge on any atom is 0.274 e. The molecule has 1 aromatic carbocycles. The highest BCUT2D eigenvalue weighted by Crippen LogP contribution is 2.14. The summed E-state index contributed by atoms with van der Waals surface area (Å²) in [6, 6.07) is 11.3. The molecule has 0 radical (unpaired) electrons. The van der Waals surface area contributed by atoms with Crippen molar-refractivity contribution in [3.63, 3.8) is 0 Å². The Balaban J connectivity index is 1.64. The van der Waals surface area contributed by atoms with Crippen molar-refractivity contribution in [2.45, 2.75) is 12.5 Å². The molecule has 1 atom stereocenters. The monoisotopic (exact) mass is 341 g/mol. The number of aromatic nitrogens is 2. The number of carbonyl (C=O) groups is 2. The van der Waals surface area contributed by atoms with Gasteiger partial charge in [0.05, 0.1) is 0 Å². The Labute approximate surface area is 147 Å². The number of hydrogen-bond donors (Lipinski definition) is 1. The van der Waals surface area contributed by atoms with Gasteiger partial charge in [-0.05, 0) is 18.1 Å². The maximum absolute atomic E-state index is 12.5. The van der Waals surface area contributed by atoms with E-state index in [1.54, 1.807) is 28.9 Å². The molecule has 1 aliphatic rings. The summed E-state index contributed by atoms with van der Waals surface area (Å²) in [7, 11) is 1.77. The fourth-order valence-electron chi connectivity index (χ4n) is 3.15. The number of hydrogen-bond acceptors (Lipinski definition) is 4. The van der Waals surface area contributed by atoms with Crippen LogP contribution in [0, 0.1) is 0 Å². The van der Waals surface area contributed by atoms with Crippen molar-refractivity contribution in [1.29, 1.82) is 0 Å². The second kappa shape index (κ2) is 7.48. The largest absolute Gasteiger partial charge is 0.368 e. The molecule has 25 heavy (non-hydrogen) atoms. The summed E-state index contributed by atoms with van der Waals surface area (Å²) >= 11 is 0. The summed E-state index contributed by atoms with van der Waals surface area (Å²) in [6.45, 7) is 2.23. The van der Waals surface area contributed by atoms with E-state index in [1.165, 1.54) is 5.56 Å². The number of carbonyl (C=O) groups excluding carboxylic acids is 2. The molecule has 7 heteroatoms. The lowest BCUT2D eigenvalue weighted by Gasteiger charge is -2.39. The molecule has 0 saturated carbocycles. The number of nitrogens with zero attached hydrogens (tertiary/aromatic N) is 4. The molecule has 1 fully saturated rings. The lowest BCUT2D eigenvalue weighted by molar-refractivity contribution is -0.125. The number of primary amides is 1. The van der Waals surface area contributed by atoms with Gasteiger partial charge in [0.1, 0.15) is 11.7 Å². The minimum absolute atomic E-state index is 0.158. The third-order valence-electron chi connectivity index (χ3n) is 4.57. The Kier molecular flexibility index (Phi) is 5.14. The molecule has 1 saturated heterocycles. The smallest absolute Gasteiger partial charge is 0.274 e. The van der Waals surface area contributed by atoms with Gasteiger partial charge in [0.15, 0.2) is 0 Å². The number of rotatable bonds is 5. The van der Waals surface area contributed by atoms with Gasteiger partial charge in [-0.1, -0.05) is 30.3 Å². The Morgan fingerprint density at radius 1 is 1.20 bits per heavy atom. The summed E-state index contributed by atoms with van der Waals surface area (Å²) in [5.74, 6) is -0.554. The highest BCUT2D eigenvalue weighted by molar-refractivity contribution is 5.93. The molecule has 132 valence electrons. The molecule has 3 rings (SSSR count). The first-order valence-electron chi connectivity index (χ1n) is 8.41. The predicted molar refractivity (Wildman–Crippen MR) is 93.8 cm³/mol. The lowest BCUT2D eigenvalue weighted by Crippen LogP contribution is -2.59. The van der Waals surface area contributed by atoms with Gasteiger partial charge in [-0.15, -0.1) is 0 Å². The van der Waals surface area contributed by atoms with E-state index in [1.807, 2.05) is 18.2 Å². The summed E-state index contributed by atoms with van der Waals surface area (Å²) in [4.78, 5) is 28.2. The Bertz CT molecular complexity index is 743. The standard InChI is InChI=1S/C18H23N5O2/c1-21-9-8-15(20-21)18(25)23-12-11-22(16(13-23)17(19)24)10-7-14-5-3-2-4-6-14/h2-6,8-9,16H,7,10-13H2,1H3,(H2,19,24). The van der Waals surface area contributed by atoms with Crippen LogP contribution in [0.5, 0.6) is 0 Å². The van der Waals surface area contributed by atoms with Crippen molar-refractivity contribution in [2.75, 3.05) is 26.2 Å². The Morgan fingerprint density at radius 2 is 1.96 bits per heavy atom. The van der Waals surface area contributed by atoms with Gasteiger partial charge < -0.3 is 10.6 Å².